The largest absolute Gasteiger partial charge is 0.507 e. The van der Waals surface area contributed by atoms with E-state index >= 15 is 0 Å². The predicted octanol–water partition coefficient (Wildman–Crippen LogP) is 1.45. The molecule has 25 heavy (non-hydrogen) atoms. The highest BCUT2D eigenvalue weighted by Crippen LogP contribution is 2.30. The number of carboxylic acids is 1. The zero-order valence-electron chi connectivity index (χ0n) is 13.2. The lowest BCUT2D eigenvalue weighted by Crippen LogP contribution is -2.25. The topological polar surface area (TPSA) is 135 Å². The van der Waals surface area contributed by atoms with Gasteiger partial charge in [0.2, 0.25) is 0 Å². The van der Waals surface area contributed by atoms with Gasteiger partial charge in [-0.05, 0) is 30.2 Å². The van der Waals surface area contributed by atoms with E-state index in [1.165, 1.54) is 30.3 Å². The molecule has 0 saturated heterocycles. The molecule has 0 radical (unpaired) electrons. The van der Waals surface area contributed by atoms with Crippen molar-refractivity contribution in [3.63, 3.8) is 0 Å². The van der Waals surface area contributed by atoms with E-state index in [2.05, 4.69) is 0 Å². The number of aromatic hydroxyl groups is 2. The lowest BCUT2D eigenvalue weighted by atomic mass is 9.66. The van der Waals surface area contributed by atoms with Gasteiger partial charge in [-0.25, -0.2) is 4.79 Å². The van der Waals surface area contributed by atoms with Gasteiger partial charge in [0, 0.05) is 12.2 Å². The summed E-state index contributed by atoms with van der Waals surface area (Å²) in [5.74, 6) is -3.48. The van der Waals surface area contributed by atoms with Crippen molar-refractivity contribution in [2.75, 3.05) is 0 Å². The maximum Gasteiger partial charge on any atom is 0.455 e. The minimum absolute atomic E-state index is 0.0525. The first kappa shape index (κ1) is 18.5. The third-order valence-corrected chi connectivity index (χ3v) is 3.91. The second-order valence-corrected chi connectivity index (χ2v) is 5.64. The molecule has 0 saturated carbocycles. The lowest BCUT2D eigenvalue weighted by Gasteiger charge is -2.17. The van der Waals surface area contributed by atoms with Crippen molar-refractivity contribution in [3.8, 4) is 11.5 Å². The van der Waals surface area contributed by atoms with Gasteiger partial charge in [-0.2, -0.15) is 0 Å². The molecule has 0 fully saturated rings. The first-order chi connectivity index (χ1) is 11.8. The van der Waals surface area contributed by atoms with Gasteiger partial charge in [0.25, 0.3) is 0 Å². The van der Waals surface area contributed by atoms with E-state index in [4.69, 9.17) is 5.11 Å². The molecule has 1 unspecified atom stereocenters. The fourth-order valence-corrected chi connectivity index (χ4v) is 2.55. The summed E-state index contributed by atoms with van der Waals surface area (Å²) < 4.78 is 0. The summed E-state index contributed by atoms with van der Waals surface area (Å²) in [4.78, 5) is 23.3. The van der Waals surface area contributed by atoms with Crippen molar-refractivity contribution in [2.24, 2.45) is 0 Å². The van der Waals surface area contributed by atoms with Crippen LogP contribution in [0.15, 0.2) is 42.5 Å². The monoisotopic (exact) mass is 344 g/mol. The summed E-state index contributed by atoms with van der Waals surface area (Å²) >= 11 is 0. The van der Waals surface area contributed by atoms with Crippen LogP contribution in [0.1, 0.15) is 32.7 Å². The first-order valence-electron chi connectivity index (χ1n) is 7.52. The Kier molecular flexibility index (Phi) is 5.79. The van der Waals surface area contributed by atoms with Gasteiger partial charge in [0.05, 0.1) is 5.56 Å². The molecular formula is C17H17BO7. The third kappa shape index (κ3) is 4.37. The zero-order valence-corrected chi connectivity index (χ0v) is 13.2. The minimum atomic E-state index is -1.86. The summed E-state index contributed by atoms with van der Waals surface area (Å²) in [7, 11) is -1.86. The van der Waals surface area contributed by atoms with Gasteiger partial charge in [0.1, 0.15) is 17.1 Å². The lowest BCUT2D eigenvalue weighted by molar-refractivity contribution is 0.0693. The third-order valence-electron chi connectivity index (χ3n) is 3.91. The van der Waals surface area contributed by atoms with Crippen LogP contribution in [-0.4, -0.2) is 44.2 Å². The summed E-state index contributed by atoms with van der Waals surface area (Å²) in [5, 5.41) is 47.8. The number of ketones is 1. The molecule has 1 atom stereocenters. The Hall–Kier alpha value is -2.84. The van der Waals surface area contributed by atoms with Crippen molar-refractivity contribution >= 4 is 18.9 Å². The van der Waals surface area contributed by atoms with E-state index < -0.39 is 30.4 Å². The van der Waals surface area contributed by atoms with Crippen molar-refractivity contribution in [2.45, 2.75) is 18.7 Å². The average molecular weight is 344 g/mol. The van der Waals surface area contributed by atoms with Crippen LogP contribution in [0.5, 0.6) is 11.5 Å². The van der Waals surface area contributed by atoms with Crippen LogP contribution in [0.4, 0.5) is 0 Å². The molecule has 0 bridgehead atoms. The summed E-state index contributed by atoms with van der Waals surface area (Å²) in [5.41, 5.74) is -0.0737. The maximum atomic E-state index is 12.3. The molecule has 0 spiro atoms. The zero-order chi connectivity index (χ0) is 18.6. The van der Waals surface area contributed by atoms with E-state index in [0.717, 1.165) is 0 Å². The Morgan fingerprint density at radius 3 is 2.20 bits per heavy atom. The molecule has 0 aliphatic carbocycles. The number of carbonyl (C=O) groups excluding carboxylic acids is 1. The number of benzene rings is 2. The van der Waals surface area contributed by atoms with Gasteiger partial charge in [-0.3, -0.25) is 4.79 Å². The van der Waals surface area contributed by atoms with Crippen molar-refractivity contribution < 1.29 is 35.0 Å². The van der Waals surface area contributed by atoms with Crippen molar-refractivity contribution in [1.29, 1.82) is 0 Å². The molecule has 130 valence electrons. The van der Waals surface area contributed by atoms with Gasteiger partial charge in [0.15, 0.2) is 5.78 Å². The smallest absolute Gasteiger partial charge is 0.455 e. The Morgan fingerprint density at radius 1 is 0.960 bits per heavy atom. The number of phenols is 2. The molecule has 7 nitrogen and oxygen atoms in total. The van der Waals surface area contributed by atoms with Crippen LogP contribution in [0.2, 0.25) is 5.82 Å². The Balaban J connectivity index is 2.23. The number of Topliss-reactive ketones (excluding diaryl/α,β-unsaturated/α-hetero) is 1. The number of carbonyl (C=O) groups is 2. The van der Waals surface area contributed by atoms with Gasteiger partial charge in [-0.15, -0.1) is 0 Å². The van der Waals surface area contributed by atoms with E-state index in [1.54, 1.807) is 12.1 Å². The average Bonchev–Trinajstić information content (AvgIpc) is 2.55. The van der Waals surface area contributed by atoms with E-state index in [1.807, 2.05) is 0 Å². The summed E-state index contributed by atoms with van der Waals surface area (Å²) in [6, 6.07) is 9.98. The number of para-hydroxylation sites is 2. The highest BCUT2D eigenvalue weighted by molar-refractivity contribution is 6.43. The standard InChI is InChI=1S/C17H17BO7/c19-14-7-2-1-5-12(14)15(20)9-11(18(24)25)8-10-4-3-6-13(16(10)21)17(22)23/h1-7,11,19,21,24-25H,8-9H2,(H,22,23). The molecule has 0 aliphatic rings. The molecular weight excluding hydrogens is 327 g/mol. The highest BCUT2D eigenvalue weighted by Gasteiger charge is 2.29. The number of hydrogen-bond acceptors (Lipinski definition) is 6. The second kappa shape index (κ2) is 7.82. The fourth-order valence-electron chi connectivity index (χ4n) is 2.55. The summed E-state index contributed by atoms with van der Waals surface area (Å²) in [6.45, 7) is 0. The van der Waals surface area contributed by atoms with Crippen LogP contribution in [0, 0.1) is 0 Å². The normalized spacial score (nSPS) is 11.8. The number of hydrogen-bond donors (Lipinski definition) is 5. The predicted molar refractivity (Wildman–Crippen MR) is 89.8 cm³/mol. The summed E-state index contributed by atoms with van der Waals surface area (Å²) in [6.07, 6.45) is -0.421. The molecule has 5 N–H and O–H groups in total. The van der Waals surface area contributed by atoms with Gasteiger partial charge < -0.3 is 25.4 Å². The maximum absolute atomic E-state index is 12.3. The Morgan fingerprint density at radius 2 is 1.60 bits per heavy atom. The Bertz CT molecular complexity index is 788. The fraction of sp³-hybridized carbons (Fsp3) is 0.176. The number of phenolic OH excluding ortho intramolecular Hbond substituents is 1. The molecule has 8 heteroatoms. The molecule has 0 aromatic heterocycles. The highest BCUT2D eigenvalue weighted by atomic mass is 16.4. The quantitative estimate of drug-likeness (QED) is 0.379. The number of carboxylic acid groups (broad SMARTS) is 1. The molecule has 2 rings (SSSR count). The number of aromatic carboxylic acids is 1. The van der Waals surface area contributed by atoms with E-state index in [9.17, 15) is 29.9 Å². The molecule has 2 aromatic rings. The number of rotatable bonds is 7. The molecule has 2 aromatic carbocycles. The van der Waals surface area contributed by atoms with Gasteiger partial charge in [-0.1, -0.05) is 24.3 Å². The van der Waals surface area contributed by atoms with Crippen molar-refractivity contribution in [1.82, 2.24) is 0 Å². The van der Waals surface area contributed by atoms with Crippen LogP contribution in [0.25, 0.3) is 0 Å². The molecule has 0 aliphatic heterocycles. The van der Waals surface area contributed by atoms with Gasteiger partial charge >= 0.3 is 13.1 Å². The second-order valence-electron chi connectivity index (χ2n) is 5.64. The first-order valence-corrected chi connectivity index (χ1v) is 7.52. The molecule has 0 heterocycles. The van der Waals surface area contributed by atoms with Crippen molar-refractivity contribution in [3.05, 3.63) is 59.2 Å². The molecule has 0 amide bonds. The minimum Gasteiger partial charge on any atom is -0.507 e. The van der Waals surface area contributed by atoms with Crippen LogP contribution in [-0.2, 0) is 6.42 Å². The van der Waals surface area contributed by atoms with Crippen LogP contribution in [0.3, 0.4) is 0 Å². The van der Waals surface area contributed by atoms with Crippen LogP contribution < -0.4 is 0 Å². The van der Waals surface area contributed by atoms with E-state index in [0.29, 0.717) is 0 Å². The van der Waals surface area contributed by atoms with Crippen LogP contribution >= 0.6 is 0 Å². The van der Waals surface area contributed by atoms with E-state index in [-0.39, 0.29) is 35.3 Å². The Labute approximate surface area is 144 Å². The SMILES string of the molecule is O=C(CC(Cc1cccc(C(=O)O)c1O)B(O)O)c1ccccc1O.